The number of benzene rings is 1. The summed E-state index contributed by atoms with van der Waals surface area (Å²) in [6, 6.07) is 7.09. The number of nitrogens with one attached hydrogen (secondary N) is 1. The fourth-order valence-corrected chi connectivity index (χ4v) is 5.70. The highest BCUT2D eigenvalue weighted by Crippen LogP contribution is 2.26. The Hall–Kier alpha value is -1.85. The average molecular weight is 409 g/mol. The Morgan fingerprint density at radius 1 is 0.900 bits per heavy atom. The maximum Gasteiger partial charge on any atom is 0.253 e. The van der Waals surface area contributed by atoms with Crippen LogP contribution in [0.5, 0.6) is 0 Å². The molecule has 1 N–H and O–H groups in total. The number of fused-ring (bicyclic) bond motifs is 1. The number of H-pyrrole nitrogens is 1. The van der Waals surface area contributed by atoms with Crippen molar-refractivity contribution in [1.29, 1.82) is 0 Å². The third-order valence-corrected chi connectivity index (χ3v) is 7.55. The third kappa shape index (κ3) is 4.28. The van der Waals surface area contributed by atoms with Crippen LogP contribution < -0.4 is 0 Å². The van der Waals surface area contributed by atoms with Crippen LogP contribution in [0.1, 0.15) is 67.3 Å². The maximum atomic E-state index is 13.0. The van der Waals surface area contributed by atoms with Crippen LogP contribution in [-0.2, 0) is 6.54 Å². The standard InChI is InChI=1S/C25H36N4O/c30-25(29-11-5-1-2-6-12-29)20-9-10-23-21(18-26-24(23)17-20)19-27-13-15-28(16-14-27)22-7-3-4-8-22/h9-10,17-18,22,26H,1-8,11-16,19H2. The van der Waals surface area contributed by atoms with Crippen molar-refractivity contribution in [1.82, 2.24) is 19.7 Å². The van der Waals surface area contributed by atoms with Crippen molar-refractivity contribution >= 4 is 16.8 Å². The van der Waals surface area contributed by atoms with Gasteiger partial charge in [0, 0.05) is 74.5 Å². The van der Waals surface area contributed by atoms with Crippen molar-refractivity contribution in [3.05, 3.63) is 35.5 Å². The van der Waals surface area contributed by atoms with Crippen LogP contribution in [0.4, 0.5) is 0 Å². The topological polar surface area (TPSA) is 42.6 Å². The summed E-state index contributed by atoms with van der Waals surface area (Å²) in [4.78, 5) is 23.7. The van der Waals surface area contributed by atoms with Crippen LogP contribution in [0.25, 0.3) is 10.9 Å². The van der Waals surface area contributed by atoms with Crippen molar-refractivity contribution in [2.45, 2.75) is 64.0 Å². The molecule has 2 aromatic rings. The molecule has 3 fully saturated rings. The molecule has 0 bridgehead atoms. The number of aromatic nitrogens is 1. The Labute approximate surface area is 180 Å². The van der Waals surface area contributed by atoms with Gasteiger partial charge in [0.1, 0.15) is 0 Å². The molecule has 5 nitrogen and oxygen atoms in total. The van der Waals surface area contributed by atoms with Crippen LogP contribution in [0.2, 0.25) is 0 Å². The number of amides is 1. The van der Waals surface area contributed by atoms with Gasteiger partial charge < -0.3 is 9.88 Å². The lowest BCUT2D eigenvalue weighted by atomic mass is 10.1. The van der Waals surface area contributed by atoms with Crippen molar-refractivity contribution in [3.8, 4) is 0 Å². The Morgan fingerprint density at radius 3 is 2.37 bits per heavy atom. The molecule has 2 aliphatic heterocycles. The number of piperazine rings is 1. The Balaban J connectivity index is 1.22. The van der Waals surface area contributed by atoms with E-state index in [2.05, 4.69) is 33.1 Å². The predicted molar refractivity (Wildman–Crippen MR) is 122 cm³/mol. The monoisotopic (exact) mass is 408 g/mol. The summed E-state index contributed by atoms with van der Waals surface area (Å²) in [5, 5.41) is 1.26. The number of rotatable bonds is 4. The molecule has 0 unspecified atom stereocenters. The minimum atomic E-state index is 0.193. The van der Waals surface area contributed by atoms with Crippen molar-refractivity contribution in [2.24, 2.45) is 0 Å². The Bertz CT molecular complexity index is 853. The van der Waals surface area contributed by atoms with E-state index in [0.717, 1.165) is 62.7 Å². The van der Waals surface area contributed by atoms with Crippen LogP contribution in [0, 0.1) is 0 Å². The number of nitrogens with zero attached hydrogens (tertiary/aromatic N) is 3. The summed E-state index contributed by atoms with van der Waals surface area (Å²) in [6.07, 6.45) is 12.6. The molecule has 5 rings (SSSR count). The number of carbonyl (C=O) groups excluding carboxylic acids is 1. The van der Waals surface area contributed by atoms with E-state index in [1.54, 1.807) is 0 Å². The van der Waals surface area contributed by atoms with Crippen LogP contribution >= 0.6 is 0 Å². The van der Waals surface area contributed by atoms with E-state index in [0.29, 0.717) is 0 Å². The van der Waals surface area contributed by atoms with Gasteiger partial charge in [-0.05, 0) is 43.4 Å². The minimum absolute atomic E-state index is 0.193. The molecule has 1 saturated carbocycles. The van der Waals surface area contributed by atoms with Crippen LogP contribution in [-0.4, -0.2) is 70.9 Å². The summed E-state index contributed by atoms with van der Waals surface area (Å²) in [5.41, 5.74) is 3.27. The minimum Gasteiger partial charge on any atom is -0.361 e. The van der Waals surface area contributed by atoms with Gasteiger partial charge >= 0.3 is 0 Å². The first kappa shape index (κ1) is 20.1. The van der Waals surface area contributed by atoms with E-state index in [1.165, 1.54) is 62.6 Å². The molecule has 3 heterocycles. The Morgan fingerprint density at radius 2 is 1.63 bits per heavy atom. The molecular weight excluding hydrogens is 372 g/mol. The van der Waals surface area contributed by atoms with Gasteiger partial charge in [-0.1, -0.05) is 31.7 Å². The van der Waals surface area contributed by atoms with E-state index in [9.17, 15) is 4.79 Å². The van der Waals surface area contributed by atoms with Gasteiger partial charge in [-0.2, -0.15) is 0 Å². The van der Waals surface area contributed by atoms with Crippen molar-refractivity contribution in [3.63, 3.8) is 0 Å². The second-order valence-corrected chi connectivity index (χ2v) is 9.53. The molecule has 30 heavy (non-hydrogen) atoms. The second kappa shape index (κ2) is 9.11. The lowest BCUT2D eigenvalue weighted by molar-refractivity contribution is 0.0762. The quantitative estimate of drug-likeness (QED) is 0.823. The number of hydrogen-bond donors (Lipinski definition) is 1. The van der Waals surface area contributed by atoms with E-state index in [1.807, 2.05) is 11.0 Å². The molecule has 1 aromatic carbocycles. The Kier molecular flexibility index (Phi) is 6.09. The molecule has 0 radical (unpaired) electrons. The third-order valence-electron chi connectivity index (χ3n) is 7.55. The SMILES string of the molecule is O=C(c1ccc2c(CN3CCN(C4CCCC4)CC3)c[nH]c2c1)N1CCCCCC1. The van der Waals surface area contributed by atoms with Gasteiger partial charge in [0.2, 0.25) is 0 Å². The number of hydrogen-bond acceptors (Lipinski definition) is 3. The first-order valence-corrected chi connectivity index (χ1v) is 12.1. The van der Waals surface area contributed by atoms with Gasteiger partial charge in [-0.15, -0.1) is 0 Å². The zero-order chi connectivity index (χ0) is 20.3. The largest absolute Gasteiger partial charge is 0.361 e. The summed E-state index contributed by atoms with van der Waals surface area (Å²) in [6.45, 7) is 7.55. The summed E-state index contributed by atoms with van der Waals surface area (Å²) < 4.78 is 0. The highest BCUT2D eigenvalue weighted by atomic mass is 16.2. The van der Waals surface area contributed by atoms with E-state index in [-0.39, 0.29) is 5.91 Å². The molecule has 0 atom stereocenters. The number of likely N-dealkylation sites (tertiary alicyclic amines) is 1. The second-order valence-electron chi connectivity index (χ2n) is 9.53. The highest BCUT2D eigenvalue weighted by Gasteiger charge is 2.26. The smallest absolute Gasteiger partial charge is 0.253 e. The van der Waals surface area contributed by atoms with Crippen molar-refractivity contribution in [2.75, 3.05) is 39.3 Å². The summed E-state index contributed by atoms with van der Waals surface area (Å²) >= 11 is 0. The molecule has 162 valence electrons. The molecule has 0 spiro atoms. The van der Waals surface area contributed by atoms with E-state index >= 15 is 0 Å². The molecule has 1 aromatic heterocycles. The molecule has 1 aliphatic carbocycles. The lowest BCUT2D eigenvalue weighted by Crippen LogP contribution is -2.49. The number of aromatic amines is 1. The molecule has 5 heteroatoms. The van der Waals surface area contributed by atoms with E-state index < -0.39 is 0 Å². The molecule has 3 aliphatic rings. The molecule has 1 amide bonds. The summed E-state index contributed by atoms with van der Waals surface area (Å²) in [5.74, 6) is 0.193. The van der Waals surface area contributed by atoms with Gasteiger partial charge in [0.15, 0.2) is 0 Å². The average Bonchev–Trinajstić information content (AvgIpc) is 3.37. The zero-order valence-corrected chi connectivity index (χ0v) is 18.2. The van der Waals surface area contributed by atoms with Gasteiger partial charge in [0.25, 0.3) is 5.91 Å². The number of carbonyl (C=O) groups is 1. The summed E-state index contributed by atoms with van der Waals surface area (Å²) in [7, 11) is 0. The zero-order valence-electron chi connectivity index (χ0n) is 18.2. The highest BCUT2D eigenvalue weighted by molar-refractivity contribution is 5.98. The fraction of sp³-hybridized carbons (Fsp3) is 0.640. The molecular formula is C25H36N4O. The first-order valence-electron chi connectivity index (χ1n) is 12.1. The normalized spacial score (nSPS) is 22.6. The van der Waals surface area contributed by atoms with Gasteiger partial charge in [-0.3, -0.25) is 14.6 Å². The van der Waals surface area contributed by atoms with Crippen LogP contribution in [0.15, 0.2) is 24.4 Å². The predicted octanol–water partition coefficient (Wildman–Crippen LogP) is 4.24. The van der Waals surface area contributed by atoms with Crippen LogP contribution in [0.3, 0.4) is 0 Å². The first-order chi connectivity index (χ1) is 14.8. The van der Waals surface area contributed by atoms with E-state index in [4.69, 9.17) is 0 Å². The van der Waals surface area contributed by atoms with Crippen molar-refractivity contribution < 1.29 is 4.79 Å². The fourth-order valence-electron chi connectivity index (χ4n) is 5.70. The molecule has 2 saturated heterocycles. The van der Waals surface area contributed by atoms with Gasteiger partial charge in [-0.25, -0.2) is 0 Å². The maximum absolute atomic E-state index is 13.0. The lowest BCUT2D eigenvalue weighted by Gasteiger charge is -2.38. The van der Waals surface area contributed by atoms with Gasteiger partial charge in [0.05, 0.1) is 0 Å².